The van der Waals surface area contributed by atoms with Gasteiger partial charge in [-0.15, -0.1) is 0 Å². The van der Waals surface area contributed by atoms with E-state index in [4.69, 9.17) is 0 Å². The van der Waals surface area contributed by atoms with Crippen LogP contribution in [0.5, 0.6) is 0 Å². The Labute approximate surface area is 76.7 Å². The first-order valence-corrected chi connectivity index (χ1v) is 5.92. The first-order chi connectivity index (χ1) is 5.92. The van der Waals surface area contributed by atoms with Crippen molar-refractivity contribution < 1.29 is 0 Å². The lowest BCUT2D eigenvalue weighted by Crippen LogP contribution is -2.30. The maximum Gasteiger partial charge on any atom is -0.0358 e. The highest BCUT2D eigenvalue weighted by molar-refractivity contribution is 4.84. The molecule has 0 aromatic heterocycles. The van der Waals surface area contributed by atoms with Crippen molar-refractivity contribution in [3.05, 3.63) is 0 Å². The van der Waals surface area contributed by atoms with E-state index >= 15 is 0 Å². The Bertz CT molecular complexity index is 130. The van der Waals surface area contributed by atoms with Crippen molar-refractivity contribution in [2.24, 2.45) is 17.8 Å². The van der Waals surface area contributed by atoms with Crippen molar-refractivity contribution in [3.63, 3.8) is 0 Å². The maximum absolute atomic E-state index is 2.39. The minimum absolute atomic E-state index is 1.10. The van der Waals surface area contributed by atoms with E-state index in [1.807, 2.05) is 0 Å². The van der Waals surface area contributed by atoms with Crippen LogP contribution in [-0.4, -0.2) is 0 Å². The molecule has 2 rings (SSSR count). The van der Waals surface area contributed by atoms with Crippen molar-refractivity contribution in [1.29, 1.82) is 0 Å². The van der Waals surface area contributed by atoms with Crippen LogP contribution in [0.25, 0.3) is 0 Å². The van der Waals surface area contributed by atoms with Gasteiger partial charge >= 0.3 is 0 Å². The first-order valence-electron chi connectivity index (χ1n) is 5.92. The van der Waals surface area contributed by atoms with Crippen LogP contribution in [0.2, 0.25) is 0 Å². The van der Waals surface area contributed by atoms with Crippen molar-refractivity contribution in [2.75, 3.05) is 0 Å². The molecule has 0 aromatic carbocycles. The third kappa shape index (κ3) is 1.53. The molecular formula is C12H22. The fourth-order valence-corrected chi connectivity index (χ4v) is 3.58. The topological polar surface area (TPSA) is 0 Å². The maximum atomic E-state index is 2.39. The Morgan fingerprint density at radius 2 is 1.67 bits per heavy atom. The molecule has 0 N–H and O–H groups in total. The predicted octanol–water partition coefficient (Wildman–Crippen LogP) is 4.00. The summed E-state index contributed by atoms with van der Waals surface area (Å²) in [5.74, 6) is 3.37. The summed E-state index contributed by atoms with van der Waals surface area (Å²) in [5, 5.41) is 0. The number of hydrogen-bond acceptors (Lipinski definition) is 0. The van der Waals surface area contributed by atoms with Crippen LogP contribution in [0.15, 0.2) is 0 Å². The summed E-state index contributed by atoms with van der Waals surface area (Å²) in [6.45, 7) is 2.39. The monoisotopic (exact) mass is 166 g/mol. The van der Waals surface area contributed by atoms with Crippen LogP contribution >= 0.6 is 0 Å². The summed E-state index contributed by atoms with van der Waals surface area (Å²) in [7, 11) is 0. The molecule has 0 saturated heterocycles. The first kappa shape index (κ1) is 8.59. The highest BCUT2D eigenvalue weighted by Crippen LogP contribution is 2.44. The second-order valence-corrected chi connectivity index (χ2v) is 4.81. The lowest BCUT2D eigenvalue weighted by Gasteiger charge is -2.41. The number of fused-ring (bicyclic) bond motifs is 1. The minimum atomic E-state index is 1.10. The van der Waals surface area contributed by atoms with Gasteiger partial charge in [0, 0.05) is 0 Å². The lowest BCUT2D eigenvalue weighted by atomic mass is 9.65. The minimum Gasteiger partial charge on any atom is -0.0651 e. The Morgan fingerprint density at radius 1 is 0.917 bits per heavy atom. The van der Waals surface area contributed by atoms with E-state index in [1.165, 1.54) is 32.1 Å². The molecule has 0 heteroatoms. The predicted molar refractivity (Wildman–Crippen MR) is 53.1 cm³/mol. The molecule has 0 heterocycles. The second kappa shape index (κ2) is 3.81. The van der Waals surface area contributed by atoms with Gasteiger partial charge in [0.15, 0.2) is 0 Å². The number of hydrogen-bond donors (Lipinski definition) is 0. The Kier molecular flexibility index (Phi) is 2.73. The molecular weight excluding hydrogens is 144 g/mol. The van der Waals surface area contributed by atoms with Gasteiger partial charge in [0.25, 0.3) is 0 Å². The van der Waals surface area contributed by atoms with Crippen LogP contribution in [-0.2, 0) is 0 Å². The largest absolute Gasteiger partial charge is 0.0651 e. The Morgan fingerprint density at radius 3 is 2.50 bits per heavy atom. The van der Waals surface area contributed by atoms with E-state index in [0.717, 1.165) is 17.8 Å². The average molecular weight is 166 g/mol. The molecule has 3 atom stereocenters. The van der Waals surface area contributed by atoms with E-state index < -0.39 is 0 Å². The van der Waals surface area contributed by atoms with Gasteiger partial charge in [0.1, 0.15) is 0 Å². The van der Waals surface area contributed by atoms with Gasteiger partial charge in [0.05, 0.1) is 0 Å². The van der Waals surface area contributed by atoms with Gasteiger partial charge < -0.3 is 0 Å². The molecule has 0 aliphatic heterocycles. The average Bonchev–Trinajstić information content (AvgIpc) is 2.17. The third-order valence-electron chi connectivity index (χ3n) is 4.25. The van der Waals surface area contributed by atoms with Crippen LogP contribution in [0, 0.1) is 17.8 Å². The summed E-state index contributed by atoms with van der Waals surface area (Å²) >= 11 is 0. The molecule has 12 heavy (non-hydrogen) atoms. The lowest BCUT2D eigenvalue weighted by molar-refractivity contribution is 0.101. The molecule has 70 valence electrons. The summed E-state index contributed by atoms with van der Waals surface area (Å²) in [6.07, 6.45) is 12.2. The van der Waals surface area contributed by atoms with E-state index in [2.05, 4.69) is 6.92 Å². The van der Waals surface area contributed by atoms with Gasteiger partial charge in [-0.1, -0.05) is 51.9 Å². The van der Waals surface area contributed by atoms with Crippen molar-refractivity contribution in [2.45, 2.75) is 58.3 Å². The smallest absolute Gasteiger partial charge is 0.0358 e. The second-order valence-electron chi connectivity index (χ2n) is 4.81. The molecule has 0 spiro atoms. The molecule has 0 radical (unpaired) electrons. The van der Waals surface area contributed by atoms with E-state index in [0.29, 0.717) is 0 Å². The van der Waals surface area contributed by atoms with Gasteiger partial charge in [-0.25, -0.2) is 0 Å². The normalized spacial score (nSPS) is 42.2. The van der Waals surface area contributed by atoms with Gasteiger partial charge in [-0.3, -0.25) is 0 Å². The molecule has 2 aliphatic rings. The fraction of sp³-hybridized carbons (Fsp3) is 1.00. The standard InChI is InChI=1S/C12H22/c1-2-10-7-5-8-11-6-3-4-9-12(10)11/h10-12H,2-9H2,1H3/t10-,11-,12+/m0/s1. The van der Waals surface area contributed by atoms with Crippen LogP contribution in [0.1, 0.15) is 58.3 Å². The quantitative estimate of drug-likeness (QED) is 0.552. The van der Waals surface area contributed by atoms with Crippen LogP contribution in [0.3, 0.4) is 0 Å². The molecule has 0 amide bonds. The van der Waals surface area contributed by atoms with Crippen LogP contribution < -0.4 is 0 Å². The third-order valence-corrected chi connectivity index (χ3v) is 4.25. The van der Waals surface area contributed by atoms with Crippen molar-refractivity contribution in [3.8, 4) is 0 Å². The van der Waals surface area contributed by atoms with Gasteiger partial charge in [-0.05, 0) is 24.2 Å². The van der Waals surface area contributed by atoms with Crippen molar-refractivity contribution >= 4 is 0 Å². The highest BCUT2D eigenvalue weighted by atomic mass is 14.4. The zero-order valence-electron chi connectivity index (χ0n) is 8.39. The molecule has 0 bridgehead atoms. The van der Waals surface area contributed by atoms with E-state index in [-0.39, 0.29) is 0 Å². The van der Waals surface area contributed by atoms with E-state index in [9.17, 15) is 0 Å². The molecule has 2 saturated carbocycles. The molecule has 0 nitrogen and oxygen atoms in total. The highest BCUT2D eigenvalue weighted by Gasteiger charge is 2.33. The summed E-state index contributed by atoms with van der Waals surface area (Å²) in [6, 6.07) is 0. The molecule has 2 fully saturated rings. The summed E-state index contributed by atoms with van der Waals surface area (Å²) in [4.78, 5) is 0. The molecule has 0 aromatic rings. The molecule has 2 aliphatic carbocycles. The van der Waals surface area contributed by atoms with Gasteiger partial charge in [0.2, 0.25) is 0 Å². The summed E-state index contributed by atoms with van der Waals surface area (Å²) < 4.78 is 0. The Balaban J connectivity index is 1.99. The Hall–Kier alpha value is 0. The van der Waals surface area contributed by atoms with Gasteiger partial charge in [-0.2, -0.15) is 0 Å². The fourth-order valence-electron chi connectivity index (χ4n) is 3.58. The van der Waals surface area contributed by atoms with Crippen LogP contribution in [0.4, 0.5) is 0 Å². The zero-order chi connectivity index (χ0) is 8.39. The molecule has 0 unspecified atom stereocenters. The van der Waals surface area contributed by atoms with Crippen molar-refractivity contribution in [1.82, 2.24) is 0 Å². The summed E-state index contributed by atoms with van der Waals surface area (Å²) in [5.41, 5.74) is 0. The zero-order valence-corrected chi connectivity index (χ0v) is 8.39. The van der Waals surface area contributed by atoms with E-state index in [1.54, 1.807) is 19.3 Å². The number of rotatable bonds is 1. The SMILES string of the molecule is CC[C@H]1CCC[C@@H]2CCCC[C@@H]21.